The first-order valence-electron chi connectivity index (χ1n) is 8.71. The van der Waals surface area contributed by atoms with Gasteiger partial charge in [-0.2, -0.15) is 0 Å². The van der Waals surface area contributed by atoms with Gasteiger partial charge in [0.05, 0.1) is 5.69 Å². The summed E-state index contributed by atoms with van der Waals surface area (Å²) in [5.41, 5.74) is 8.47. The van der Waals surface area contributed by atoms with Crippen LogP contribution in [0.25, 0.3) is 0 Å². The fourth-order valence-electron chi connectivity index (χ4n) is 2.73. The molecule has 0 aliphatic carbocycles. The van der Waals surface area contributed by atoms with Crippen LogP contribution in [0.2, 0.25) is 0 Å². The number of carbonyl (C=O) groups is 2. The maximum atomic E-state index is 12.6. The average molecular weight is 388 g/mol. The van der Waals surface area contributed by atoms with Gasteiger partial charge in [-0.05, 0) is 51.6 Å². The molecule has 2 rings (SSSR count). The van der Waals surface area contributed by atoms with E-state index in [1.54, 1.807) is 24.0 Å². The number of hydrogen-bond acceptors (Lipinski definition) is 6. The second-order valence-electron chi connectivity index (χ2n) is 6.02. The van der Waals surface area contributed by atoms with Crippen LogP contribution in [0.15, 0.2) is 23.4 Å². The van der Waals surface area contributed by atoms with Crippen molar-refractivity contribution in [1.82, 2.24) is 14.9 Å². The number of rotatable bonds is 7. The van der Waals surface area contributed by atoms with E-state index < -0.39 is 5.91 Å². The van der Waals surface area contributed by atoms with Crippen molar-refractivity contribution in [3.8, 4) is 0 Å². The summed E-state index contributed by atoms with van der Waals surface area (Å²) in [4.78, 5) is 35.0. The van der Waals surface area contributed by atoms with Gasteiger partial charge in [-0.3, -0.25) is 9.59 Å². The highest BCUT2D eigenvalue weighted by Crippen LogP contribution is 2.26. The van der Waals surface area contributed by atoms with Gasteiger partial charge >= 0.3 is 0 Å². The van der Waals surface area contributed by atoms with Crippen LogP contribution in [-0.4, -0.2) is 46.0 Å². The van der Waals surface area contributed by atoms with Crippen LogP contribution in [0, 0.1) is 13.8 Å². The summed E-state index contributed by atoms with van der Waals surface area (Å²) >= 11 is 1.38. The second-order valence-corrected chi connectivity index (χ2v) is 6.79. The van der Waals surface area contributed by atoms with E-state index in [9.17, 15) is 9.59 Å². The first kappa shape index (κ1) is 20.7. The van der Waals surface area contributed by atoms with Crippen LogP contribution in [0.4, 0.5) is 11.5 Å². The van der Waals surface area contributed by atoms with E-state index in [2.05, 4.69) is 15.3 Å². The smallest absolute Gasteiger partial charge is 0.254 e. The summed E-state index contributed by atoms with van der Waals surface area (Å²) in [6.45, 7) is 8.81. The van der Waals surface area contributed by atoms with E-state index in [1.807, 2.05) is 33.1 Å². The van der Waals surface area contributed by atoms with E-state index in [1.165, 1.54) is 11.8 Å². The molecule has 1 aromatic carbocycles. The van der Waals surface area contributed by atoms with E-state index in [0.717, 1.165) is 5.56 Å². The molecule has 3 N–H and O–H groups in total. The van der Waals surface area contributed by atoms with Gasteiger partial charge in [0.2, 0.25) is 0 Å². The Balaban J connectivity index is 2.49. The van der Waals surface area contributed by atoms with Crippen LogP contribution in [-0.2, 0) is 0 Å². The minimum atomic E-state index is -0.601. The molecule has 8 heteroatoms. The van der Waals surface area contributed by atoms with Crippen molar-refractivity contribution in [3.63, 3.8) is 0 Å². The number of nitrogens with two attached hydrogens (primary N) is 1. The van der Waals surface area contributed by atoms with Crippen LogP contribution < -0.4 is 11.1 Å². The molecule has 27 heavy (non-hydrogen) atoms. The molecule has 144 valence electrons. The molecule has 1 aromatic heterocycles. The zero-order valence-corrected chi connectivity index (χ0v) is 17.1. The van der Waals surface area contributed by atoms with Gasteiger partial charge in [0.15, 0.2) is 5.16 Å². The van der Waals surface area contributed by atoms with Crippen LogP contribution >= 0.6 is 11.8 Å². The Labute approximate surface area is 163 Å². The molecule has 0 unspecified atom stereocenters. The molecular weight excluding hydrogens is 362 g/mol. The predicted octanol–water partition coefficient (Wildman–Crippen LogP) is 3.14. The molecule has 1 heterocycles. The lowest BCUT2D eigenvalue weighted by Gasteiger charge is -2.20. The topological polar surface area (TPSA) is 101 Å². The summed E-state index contributed by atoms with van der Waals surface area (Å²) in [5, 5.41) is 3.71. The lowest BCUT2D eigenvalue weighted by Crippen LogP contribution is -2.30. The molecule has 0 saturated heterocycles. The number of aromatic nitrogens is 2. The van der Waals surface area contributed by atoms with Gasteiger partial charge in [-0.1, -0.05) is 17.8 Å². The van der Waals surface area contributed by atoms with E-state index in [0.29, 0.717) is 41.0 Å². The molecule has 2 amide bonds. The van der Waals surface area contributed by atoms with E-state index in [-0.39, 0.29) is 11.5 Å². The van der Waals surface area contributed by atoms with Crippen molar-refractivity contribution in [2.24, 2.45) is 5.73 Å². The minimum absolute atomic E-state index is 0.0400. The average Bonchev–Trinajstić information content (AvgIpc) is 2.63. The molecule has 0 saturated carbocycles. The lowest BCUT2D eigenvalue weighted by molar-refractivity contribution is 0.0772. The van der Waals surface area contributed by atoms with Crippen LogP contribution in [0.5, 0.6) is 0 Å². The number of hydrogen-bond donors (Lipinski definition) is 2. The highest BCUT2D eigenvalue weighted by molar-refractivity contribution is 7.98. The normalized spacial score (nSPS) is 10.6. The van der Waals surface area contributed by atoms with E-state index >= 15 is 0 Å². The molecule has 0 radical (unpaired) electrons. The first-order chi connectivity index (χ1) is 12.8. The second kappa shape index (κ2) is 8.85. The number of nitrogens with one attached hydrogen (secondary N) is 1. The number of amides is 2. The summed E-state index contributed by atoms with van der Waals surface area (Å²) in [6.07, 6.45) is 1.86. The van der Waals surface area contributed by atoms with Gasteiger partial charge in [0, 0.05) is 24.3 Å². The van der Waals surface area contributed by atoms with Crippen molar-refractivity contribution >= 4 is 35.1 Å². The standard InChI is InChI=1S/C19H25N5O2S/c1-6-24(7-2)18(26)13-9-8-11(3)14(10-13)22-17-15(16(20)25)12(4)21-19(23-17)27-5/h8-10H,6-7H2,1-5H3,(H2,20,25)(H,21,22,23). The van der Waals surface area contributed by atoms with Gasteiger partial charge in [0.1, 0.15) is 11.4 Å². The number of aryl methyl sites for hydroxylation is 2. The van der Waals surface area contributed by atoms with Crippen LogP contribution in [0.3, 0.4) is 0 Å². The monoisotopic (exact) mass is 387 g/mol. The van der Waals surface area contributed by atoms with Gasteiger partial charge < -0.3 is 16.0 Å². The molecule has 0 fully saturated rings. The molecule has 0 aliphatic heterocycles. The van der Waals surface area contributed by atoms with Gasteiger partial charge in [0.25, 0.3) is 11.8 Å². The molecule has 7 nitrogen and oxygen atoms in total. The van der Waals surface area contributed by atoms with Crippen molar-refractivity contribution < 1.29 is 9.59 Å². The van der Waals surface area contributed by atoms with Crippen molar-refractivity contribution in [2.45, 2.75) is 32.9 Å². The third-order valence-corrected chi connectivity index (χ3v) is 4.83. The molecular formula is C19H25N5O2S. The van der Waals surface area contributed by atoms with E-state index in [4.69, 9.17) is 5.73 Å². The maximum absolute atomic E-state index is 12.6. The first-order valence-corrected chi connectivity index (χ1v) is 9.94. The van der Waals surface area contributed by atoms with Gasteiger partial charge in [-0.15, -0.1) is 0 Å². The molecule has 0 spiro atoms. The summed E-state index contributed by atoms with van der Waals surface area (Å²) in [5.74, 6) is -0.299. The number of benzene rings is 1. The van der Waals surface area contributed by atoms with Crippen LogP contribution in [0.1, 0.15) is 45.8 Å². The highest BCUT2D eigenvalue weighted by atomic mass is 32.2. The number of primary amides is 1. The van der Waals surface area contributed by atoms with Gasteiger partial charge in [-0.25, -0.2) is 9.97 Å². The zero-order chi connectivity index (χ0) is 20.1. The molecule has 2 aromatic rings. The summed E-state index contributed by atoms with van der Waals surface area (Å²) in [6, 6.07) is 5.44. The minimum Gasteiger partial charge on any atom is -0.365 e. The Kier molecular flexibility index (Phi) is 6.79. The number of anilines is 2. The highest BCUT2D eigenvalue weighted by Gasteiger charge is 2.18. The Morgan fingerprint density at radius 3 is 2.41 bits per heavy atom. The van der Waals surface area contributed by atoms with Crippen molar-refractivity contribution in [2.75, 3.05) is 24.7 Å². The molecule has 0 bridgehead atoms. The Morgan fingerprint density at radius 2 is 1.85 bits per heavy atom. The zero-order valence-electron chi connectivity index (χ0n) is 16.3. The number of thioether (sulfide) groups is 1. The predicted molar refractivity (Wildman–Crippen MR) is 109 cm³/mol. The Morgan fingerprint density at radius 1 is 1.19 bits per heavy atom. The number of nitrogens with zero attached hydrogens (tertiary/aromatic N) is 3. The van der Waals surface area contributed by atoms with Crippen molar-refractivity contribution in [1.29, 1.82) is 0 Å². The van der Waals surface area contributed by atoms with Crippen molar-refractivity contribution in [3.05, 3.63) is 40.6 Å². The Hall–Kier alpha value is -2.61. The maximum Gasteiger partial charge on any atom is 0.254 e. The largest absolute Gasteiger partial charge is 0.365 e. The number of carbonyl (C=O) groups excluding carboxylic acids is 2. The summed E-state index contributed by atoms with van der Waals surface area (Å²) < 4.78 is 0. The third kappa shape index (κ3) is 4.57. The molecule has 0 aliphatic rings. The molecule has 0 atom stereocenters. The lowest BCUT2D eigenvalue weighted by atomic mass is 10.1. The fourth-order valence-corrected chi connectivity index (χ4v) is 3.15. The summed E-state index contributed by atoms with van der Waals surface area (Å²) in [7, 11) is 0. The third-order valence-electron chi connectivity index (χ3n) is 4.29. The fraction of sp³-hybridized carbons (Fsp3) is 0.368. The quantitative estimate of drug-likeness (QED) is 0.559. The Bertz CT molecular complexity index is 865. The SMILES string of the molecule is CCN(CC)C(=O)c1ccc(C)c(Nc2nc(SC)nc(C)c2C(N)=O)c1.